The van der Waals surface area contributed by atoms with E-state index in [1.165, 1.54) is 32.1 Å². The Morgan fingerprint density at radius 3 is 2.24 bits per heavy atom. The number of carboxylic acids is 1. The number of carbonyl (C=O) groups is 4. The molecule has 0 radical (unpaired) electrons. The molecule has 260 valence electrons. The number of carboxylic acid groups (broad SMARTS) is 1. The van der Waals surface area contributed by atoms with Crippen molar-refractivity contribution >= 4 is 24.1 Å². The summed E-state index contributed by atoms with van der Waals surface area (Å²) >= 11 is 0. The van der Waals surface area contributed by atoms with Crippen LogP contribution in [0.4, 0.5) is 0 Å². The van der Waals surface area contributed by atoms with Crippen molar-refractivity contribution < 1.29 is 29.0 Å². The average molecular weight is 642 g/mol. The van der Waals surface area contributed by atoms with E-state index >= 15 is 0 Å². The van der Waals surface area contributed by atoms with Gasteiger partial charge in [-0.3, -0.25) is 19.2 Å². The number of amides is 1. The molecule has 5 aliphatic carbocycles. The van der Waals surface area contributed by atoms with Crippen molar-refractivity contribution in [3.63, 3.8) is 0 Å². The largest absolute Gasteiger partial charge is 0.481 e. The third-order valence-electron chi connectivity index (χ3n) is 15.5. The van der Waals surface area contributed by atoms with E-state index in [2.05, 4.69) is 34.6 Å². The summed E-state index contributed by atoms with van der Waals surface area (Å²) < 4.78 is 6.23. The van der Waals surface area contributed by atoms with Crippen molar-refractivity contribution in [2.45, 2.75) is 151 Å². The van der Waals surface area contributed by atoms with Crippen LogP contribution in [0.1, 0.15) is 145 Å². The van der Waals surface area contributed by atoms with Gasteiger partial charge in [0, 0.05) is 30.8 Å². The van der Waals surface area contributed by atoms with E-state index in [0.29, 0.717) is 42.4 Å². The van der Waals surface area contributed by atoms with Gasteiger partial charge in [-0.05, 0) is 116 Å². The fourth-order valence-corrected chi connectivity index (χ4v) is 13.1. The fraction of sp³-hybridized carbons (Fsp3) is 0.897. The molecule has 0 aliphatic heterocycles. The Hall–Kier alpha value is -1.92. The van der Waals surface area contributed by atoms with Crippen LogP contribution in [0.25, 0.3) is 0 Å². The monoisotopic (exact) mass is 641 g/mol. The van der Waals surface area contributed by atoms with Crippen LogP contribution >= 0.6 is 0 Å². The molecule has 9 atom stereocenters. The minimum absolute atomic E-state index is 0.0496. The highest BCUT2D eigenvalue weighted by atomic mass is 16.5. The van der Waals surface area contributed by atoms with Gasteiger partial charge in [-0.25, -0.2) is 0 Å². The molecule has 0 bridgehead atoms. The van der Waals surface area contributed by atoms with Gasteiger partial charge in [0.2, 0.25) is 6.41 Å². The molecular weight excluding hydrogens is 578 g/mol. The van der Waals surface area contributed by atoms with Gasteiger partial charge >= 0.3 is 11.9 Å². The first-order valence-electron chi connectivity index (χ1n) is 18.5. The number of hydrogen-bond donors (Lipinski definition) is 1. The molecule has 0 aromatic heterocycles. The summed E-state index contributed by atoms with van der Waals surface area (Å²) in [7, 11) is 1.79. The summed E-state index contributed by atoms with van der Waals surface area (Å²) in [5.41, 5.74) is -0.352. The molecule has 7 heteroatoms. The fourth-order valence-electron chi connectivity index (χ4n) is 13.1. The van der Waals surface area contributed by atoms with Gasteiger partial charge in [-0.15, -0.1) is 0 Å². The van der Waals surface area contributed by atoms with Gasteiger partial charge in [0.25, 0.3) is 0 Å². The minimum Gasteiger partial charge on any atom is -0.481 e. The number of hydrogen-bond acceptors (Lipinski definition) is 5. The van der Waals surface area contributed by atoms with Gasteiger partial charge in [-0.2, -0.15) is 0 Å². The van der Waals surface area contributed by atoms with Crippen molar-refractivity contribution in [2.75, 3.05) is 13.6 Å². The van der Waals surface area contributed by atoms with Gasteiger partial charge in [0.05, 0.1) is 12.8 Å². The molecule has 0 saturated heterocycles. The lowest BCUT2D eigenvalue weighted by molar-refractivity contribution is -0.247. The third-order valence-corrected chi connectivity index (χ3v) is 15.5. The van der Waals surface area contributed by atoms with Crippen molar-refractivity contribution in [3.05, 3.63) is 0 Å². The van der Waals surface area contributed by atoms with E-state index in [-0.39, 0.29) is 52.0 Å². The average Bonchev–Trinajstić information content (AvgIpc) is 3.39. The van der Waals surface area contributed by atoms with Crippen molar-refractivity contribution in [3.8, 4) is 0 Å². The number of aliphatic carboxylic acids is 1. The van der Waals surface area contributed by atoms with Crippen LogP contribution in [0.5, 0.6) is 0 Å². The summed E-state index contributed by atoms with van der Waals surface area (Å²) in [6.45, 7) is 16.7. The maximum absolute atomic E-state index is 14.0. The topological polar surface area (TPSA) is 101 Å². The molecule has 7 nitrogen and oxygen atoms in total. The zero-order chi connectivity index (χ0) is 33.9. The lowest BCUT2D eigenvalue weighted by Gasteiger charge is -2.72. The quantitative estimate of drug-likeness (QED) is 0.181. The molecule has 5 aliphatic rings. The van der Waals surface area contributed by atoms with Crippen LogP contribution in [-0.2, 0) is 23.9 Å². The number of rotatable bonds is 11. The number of Topliss-reactive ketones (excluding diaryl/α,β-unsaturated/α-hetero) is 1. The van der Waals surface area contributed by atoms with E-state index in [1.54, 1.807) is 11.9 Å². The summed E-state index contributed by atoms with van der Waals surface area (Å²) in [6.07, 6.45) is 14.4. The Labute approximate surface area is 278 Å². The SMILES string of the molecule is CN(C=O)CCCC(=O)[C@]12CCC[C@@H]1[C@H]1CCC3[C@@]4(C)CC[C@H](OC(=O)CC(C)(C)CC(=O)O)C(C)(C)C4CC[C@@]3(C)[C@]1(C)CC2. The molecule has 0 aromatic rings. The summed E-state index contributed by atoms with van der Waals surface area (Å²) in [6, 6.07) is 0. The lowest BCUT2D eigenvalue weighted by Crippen LogP contribution is -2.66. The standard InChI is InChI=1S/C39H63NO6/c1-34(2,23-32(43)44)24-33(45)46-31-16-18-36(5)28(35(31,3)4)15-19-38(7)29(36)14-13-26-27-11-9-17-39(27,21-20-37(26,38)6)30(42)12-10-22-40(8)25-41/h25-29,31H,9-24H2,1-8H3,(H,43,44)/t26-,27-,28?,29?,31+,36+,37-,38-,39+/m1/s1. The normalized spacial score (nSPS) is 41.3. The first-order chi connectivity index (χ1) is 21.4. The molecule has 0 heterocycles. The van der Waals surface area contributed by atoms with Crippen LogP contribution in [0.3, 0.4) is 0 Å². The highest BCUT2D eigenvalue weighted by Crippen LogP contribution is 2.77. The molecular formula is C39H63NO6. The van der Waals surface area contributed by atoms with Crippen molar-refractivity contribution in [2.24, 2.45) is 56.2 Å². The van der Waals surface area contributed by atoms with E-state index in [0.717, 1.165) is 51.4 Å². The molecule has 1 N–H and O–H groups in total. The Morgan fingerprint density at radius 2 is 1.57 bits per heavy atom. The highest BCUT2D eigenvalue weighted by molar-refractivity contribution is 5.85. The number of ketones is 1. The zero-order valence-electron chi connectivity index (χ0n) is 30.2. The Bertz CT molecular complexity index is 1210. The van der Waals surface area contributed by atoms with E-state index in [4.69, 9.17) is 4.74 Å². The Balaban J connectivity index is 1.32. The molecule has 5 saturated carbocycles. The third kappa shape index (κ3) is 5.65. The van der Waals surface area contributed by atoms with Gasteiger partial charge in [-0.1, -0.05) is 54.9 Å². The molecule has 5 fully saturated rings. The number of carbonyl (C=O) groups excluding carboxylic acids is 3. The van der Waals surface area contributed by atoms with Gasteiger partial charge in [0.1, 0.15) is 11.9 Å². The van der Waals surface area contributed by atoms with Crippen molar-refractivity contribution in [1.29, 1.82) is 0 Å². The summed E-state index contributed by atoms with van der Waals surface area (Å²) in [4.78, 5) is 51.2. The minimum atomic E-state index is -0.887. The molecule has 2 unspecified atom stereocenters. The highest BCUT2D eigenvalue weighted by Gasteiger charge is 2.70. The number of nitrogens with zero attached hydrogens (tertiary/aromatic N) is 1. The second-order valence-corrected chi connectivity index (χ2v) is 18.7. The van der Waals surface area contributed by atoms with E-state index < -0.39 is 11.4 Å². The van der Waals surface area contributed by atoms with E-state index in [1.807, 2.05) is 13.8 Å². The molecule has 46 heavy (non-hydrogen) atoms. The predicted octanol–water partition coefficient (Wildman–Crippen LogP) is 8.08. The Kier molecular flexibility index (Phi) is 9.38. The maximum Gasteiger partial charge on any atom is 0.306 e. The van der Waals surface area contributed by atoms with E-state index in [9.17, 15) is 24.3 Å². The summed E-state index contributed by atoms with van der Waals surface area (Å²) in [5, 5.41) is 9.29. The van der Waals surface area contributed by atoms with Gasteiger partial charge < -0.3 is 14.7 Å². The van der Waals surface area contributed by atoms with Crippen LogP contribution in [0, 0.1) is 56.2 Å². The van der Waals surface area contributed by atoms with Crippen LogP contribution < -0.4 is 0 Å². The van der Waals surface area contributed by atoms with Crippen LogP contribution in [0.15, 0.2) is 0 Å². The molecule has 5 rings (SSSR count). The maximum atomic E-state index is 14.0. The number of esters is 1. The predicted molar refractivity (Wildman–Crippen MR) is 179 cm³/mol. The van der Waals surface area contributed by atoms with Crippen LogP contribution in [-0.4, -0.2) is 53.8 Å². The van der Waals surface area contributed by atoms with Crippen LogP contribution in [0.2, 0.25) is 0 Å². The van der Waals surface area contributed by atoms with Gasteiger partial charge in [0.15, 0.2) is 0 Å². The first-order valence-corrected chi connectivity index (χ1v) is 18.5. The molecule has 0 aromatic carbocycles. The number of fused-ring (bicyclic) bond motifs is 7. The molecule has 0 spiro atoms. The zero-order valence-corrected chi connectivity index (χ0v) is 30.2. The Morgan fingerprint density at radius 1 is 0.848 bits per heavy atom. The lowest BCUT2D eigenvalue weighted by atomic mass is 9.32. The van der Waals surface area contributed by atoms with Crippen molar-refractivity contribution in [1.82, 2.24) is 4.90 Å². The first kappa shape index (κ1) is 35.4. The second-order valence-electron chi connectivity index (χ2n) is 18.7. The smallest absolute Gasteiger partial charge is 0.306 e. The second kappa shape index (κ2) is 12.2. The summed E-state index contributed by atoms with van der Waals surface area (Å²) in [5.74, 6) is 1.46. The number of ether oxygens (including phenoxy) is 1. The molecule has 1 amide bonds.